The molecule has 0 radical (unpaired) electrons. The van der Waals surface area contributed by atoms with Gasteiger partial charge in [0.2, 0.25) is 0 Å². The Hall–Kier alpha value is 0.440. The van der Waals surface area contributed by atoms with Crippen LogP contribution >= 0.6 is 15.9 Å². The molecule has 0 spiro atoms. The highest BCUT2D eigenvalue weighted by Crippen LogP contribution is 2.31. The van der Waals surface area contributed by atoms with Crippen LogP contribution in [0, 0.1) is 5.41 Å². The van der Waals surface area contributed by atoms with Gasteiger partial charge in [-0.2, -0.15) is 0 Å². The van der Waals surface area contributed by atoms with Crippen molar-refractivity contribution in [3.05, 3.63) is 0 Å². The molecule has 0 N–H and O–H groups in total. The Balaban J connectivity index is 2.52. The molecule has 78 valence electrons. The van der Waals surface area contributed by atoms with Crippen molar-refractivity contribution in [3.63, 3.8) is 0 Å². The quantitative estimate of drug-likeness (QED) is 0.678. The number of rotatable bonds is 2. The molecule has 0 aromatic carbocycles. The Morgan fingerprint density at radius 2 is 2.15 bits per heavy atom. The van der Waals surface area contributed by atoms with Crippen LogP contribution in [-0.4, -0.2) is 29.4 Å². The first kappa shape index (κ1) is 11.5. The number of nitrogens with zero attached hydrogens (tertiary/aromatic N) is 1. The van der Waals surface area contributed by atoms with Gasteiger partial charge in [-0.25, -0.2) is 0 Å². The summed E-state index contributed by atoms with van der Waals surface area (Å²) in [5.74, 6) is 0. The Morgan fingerprint density at radius 3 is 2.77 bits per heavy atom. The maximum Gasteiger partial charge on any atom is 0.0163 e. The second kappa shape index (κ2) is 4.79. The zero-order chi connectivity index (χ0) is 9.90. The van der Waals surface area contributed by atoms with E-state index >= 15 is 0 Å². The van der Waals surface area contributed by atoms with Gasteiger partial charge in [0.15, 0.2) is 0 Å². The highest BCUT2D eigenvalue weighted by molar-refractivity contribution is 9.09. The highest BCUT2D eigenvalue weighted by atomic mass is 79.9. The minimum atomic E-state index is 0.486. The number of alkyl halides is 1. The first-order valence-electron chi connectivity index (χ1n) is 5.40. The summed E-state index contributed by atoms with van der Waals surface area (Å²) in [7, 11) is 0. The third-order valence-electron chi connectivity index (χ3n) is 2.72. The van der Waals surface area contributed by atoms with Gasteiger partial charge < -0.3 is 4.90 Å². The van der Waals surface area contributed by atoms with Crippen molar-refractivity contribution >= 4 is 15.9 Å². The van der Waals surface area contributed by atoms with Crippen LogP contribution in [0.3, 0.4) is 0 Å². The van der Waals surface area contributed by atoms with E-state index in [1.165, 1.54) is 38.9 Å². The smallest absolute Gasteiger partial charge is 0.0163 e. The van der Waals surface area contributed by atoms with Crippen molar-refractivity contribution in [2.45, 2.75) is 44.9 Å². The molecule has 1 aliphatic rings. The second-order valence-electron chi connectivity index (χ2n) is 5.03. The maximum absolute atomic E-state index is 3.77. The normalized spacial score (nSPS) is 30.0. The minimum Gasteiger partial charge on any atom is -0.303 e. The van der Waals surface area contributed by atoms with Gasteiger partial charge in [-0.3, -0.25) is 0 Å². The molecule has 0 amide bonds. The van der Waals surface area contributed by atoms with E-state index < -0.39 is 0 Å². The van der Waals surface area contributed by atoms with E-state index in [1.807, 2.05) is 0 Å². The number of hydrogen-bond donors (Lipinski definition) is 0. The van der Waals surface area contributed by atoms with Crippen LogP contribution in [0.4, 0.5) is 0 Å². The average molecular weight is 248 g/mol. The monoisotopic (exact) mass is 247 g/mol. The molecule has 1 heterocycles. The van der Waals surface area contributed by atoms with E-state index in [0.717, 1.165) is 4.83 Å². The molecule has 1 saturated heterocycles. The molecule has 0 aliphatic carbocycles. The Bertz CT molecular complexity index is 156. The summed E-state index contributed by atoms with van der Waals surface area (Å²) in [5, 5.41) is 0. The zero-order valence-corrected chi connectivity index (χ0v) is 10.7. The van der Waals surface area contributed by atoms with Gasteiger partial charge in [-0.15, -0.1) is 0 Å². The molecule has 0 saturated carbocycles. The van der Waals surface area contributed by atoms with Crippen molar-refractivity contribution < 1.29 is 0 Å². The summed E-state index contributed by atoms with van der Waals surface area (Å²) in [5.41, 5.74) is 0.486. The van der Waals surface area contributed by atoms with Crippen LogP contribution in [0.5, 0.6) is 0 Å². The number of likely N-dealkylation sites (tertiary alicyclic amines) is 1. The fourth-order valence-electron chi connectivity index (χ4n) is 2.28. The zero-order valence-electron chi connectivity index (χ0n) is 9.15. The van der Waals surface area contributed by atoms with Gasteiger partial charge in [0.05, 0.1) is 0 Å². The molecule has 1 atom stereocenters. The Labute approximate surface area is 91.0 Å². The van der Waals surface area contributed by atoms with Gasteiger partial charge in [0.1, 0.15) is 0 Å². The summed E-state index contributed by atoms with van der Waals surface area (Å²) in [4.78, 5) is 3.34. The van der Waals surface area contributed by atoms with Crippen LogP contribution in [0.1, 0.15) is 40.0 Å². The van der Waals surface area contributed by atoms with Crippen molar-refractivity contribution in [1.29, 1.82) is 0 Å². The maximum atomic E-state index is 3.77. The van der Waals surface area contributed by atoms with Crippen LogP contribution in [-0.2, 0) is 0 Å². The van der Waals surface area contributed by atoms with E-state index in [4.69, 9.17) is 0 Å². The van der Waals surface area contributed by atoms with Crippen LogP contribution in [0.2, 0.25) is 0 Å². The molecule has 1 nitrogen and oxygen atoms in total. The van der Waals surface area contributed by atoms with Gasteiger partial charge in [0, 0.05) is 11.4 Å². The highest BCUT2D eigenvalue weighted by Gasteiger charge is 2.28. The predicted molar refractivity (Wildman–Crippen MR) is 62.5 cm³/mol. The van der Waals surface area contributed by atoms with Crippen molar-refractivity contribution in [2.24, 2.45) is 5.41 Å². The second-order valence-corrected chi connectivity index (χ2v) is 6.33. The lowest BCUT2D eigenvalue weighted by Crippen LogP contribution is -2.33. The lowest BCUT2D eigenvalue weighted by molar-refractivity contribution is 0.196. The van der Waals surface area contributed by atoms with Crippen LogP contribution < -0.4 is 0 Å². The number of halogens is 1. The summed E-state index contributed by atoms with van der Waals surface area (Å²) in [6.07, 6.45) is 3.90. The lowest BCUT2D eigenvalue weighted by Gasteiger charge is -2.29. The fraction of sp³-hybridized carbons (Fsp3) is 1.00. The first-order chi connectivity index (χ1) is 6.03. The van der Waals surface area contributed by atoms with E-state index in [2.05, 4.69) is 41.6 Å². The molecule has 1 rings (SSSR count). The molecule has 1 fully saturated rings. The molecular formula is C11H22BrN. The third kappa shape index (κ3) is 3.99. The molecular weight excluding hydrogens is 226 g/mol. The lowest BCUT2D eigenvalue weighted by atomic mass is 9.88. The van der Waals surface area contributed by atoms with Gasteiger partial charge in [-0.05, 0) is 37.8 Å². The van der Waals surface area contributed by atoms with Crippen molar-refractivity contribution in [3.8, 4) is 0 Å². The largest absolute Gasteiger partial charge is 0.303 e. The van der Waals surface area contributed by atoms with Crippen molar-refractivity contribution in [2.75, 3.05) is 19.6 Å². The SMILES string of the molecule is CCCN1CCC(Br)CC(C)(C)C1. The predicted octanol–water partition coefficient (Wildman–Crippen LogP) is 3.28. The molecule has 2 heteroatoms. The Kier molecular flexibility index (Phi) is 4.24. The molecule has 13 heavy (non-hydrogen) atoms. The topological polar surface area (TPSA) is 3.24 Å². The van der Waals surface area contributed by atoms with E-state index in [-0.39, 0.29) is 0 Å². The van der Waals surface area contributed by atoms with Crippen LogP contribution in [0.25, 0.3) is 0 Å². The number of hydrogen-bond acceptors (Lipinski definition) is 1. The van der Waals surface area contributed by atoms with E-state index in [1.54, 1.807) is 0 Å². The summed E-state index contributed by atoms with van der Waals surface area (Å²) in [6.45, 7) is 10.8. The molecule has 0 bridgehead atoms. The van der Waals surface area contributed by atoms with Gasteiger partial charge in [-0.1, -0.05) is 36.7 Å². The summed E-state index contributed by atoms with van der Waals surface area (Å²) in [6, 6.07) is 0. The molecule has 1 aliphatic heterocycles. The van der Waals surface area contributed by atoms with Crippen LogP contribution in [0.15, 0.2) is 0 Å². The van der Waals surface area contributed by atoms with E-state index in [0.29, 0.717) is 5.41 Å². The summed E-state index contributed by atoms with van der Waals surface area (Å²) >= 11 is 3.77. The molecule has 1 unspecified atom stereocenters. The summed E-state index contributed by atoms with van der Waals surface area (Å²) < 4.78 is 0. The average Bonchev–Trinajstić information content (AvgIpc) is 2.09. The standard InChI is InChI=1S/C11H22BrN/c1-4-6-13-7-5-10(12)8-11(2,3)9-13/h10H,4-9H2,1-3H3. The molecule has 0 aromatic heterocycles. The fourth-order valence-corrected chi connectivity index (χ4v) is 3.36. The Morgan fingerprint density at radius 1 is 1.46 bits per heavy atom. The van der Waals surface area contributed by atoms with Gasteiger partial charge >= 0.3 is 0 Å². The van der Waals surface area contributed by atoms with E-state index in [9.17, 15) is 0 Å². The minimum absolute atomic E-state index is 0.486. The third-order valence-corrected chi connectivity index (χ3v) is 3.51. The van der Waals surface area contributed by atoms with Crippen molar-refractivity contribution in [1.82, 2.24) is 4.90 Å². The first-order valence-corrected chi connectivity index (χ1v) is 6.31. The van der Waals surface area contributed by atoms with Gasteiger partial charge in [0.25, 0.3) is 0 Å². The molecule has 0 aromatic rings.